The van der Waals surface area contributed by atoms with Crippen LogP contribution in [0, 0.1) is 22.2 Å². The van der Waals surface area contributed by atoms with Crippen LogP contribution < -0.4 is 15.0 Å². The topological polar surface area (TPSA) is 65.4 Å². The van der Waals surface area contributed by atoms with E-state index >= 15 is 0 Å². The lowest BCUT2D eigenvalue weighted by Gasteiger charge is -2.63. The Labute approximate surface area is 217 Å². The number of benzene rings is 2. The molecule has 0 bridgehead atoms. The predicted molar refractivity (Wildman–Crippen MR) is 141 cm³/mol. The van der Waals surface area contributed by atoms with Crippen molar-refractivity contribution in [3.05, 3.63) is 70.3 Å². The zero-order chi connectivity index (χ0) is 25.4. The third kappa shape index (κ3) is 4.87. The molecular formula is C28H31Cl2N3O2. The number of carbonyl (C=O) groups excluding carboxylic acids is 1. The summed E-state index contributed by atoms with van der Waals surface area (Å²) in [5, 5.41) is 12.7. The summed E-state index contributed by atoms with van der Waals surface area (Å²) < 4.78 is 6.31. The lowest BCUT2D eigenvalue weighted by atomic mass is 9.49. The van der Waals surface area contributed by atoms with Gasteiger partial charge in [0.05, 0.1) is 10.6 Å². The number of carbonyl (C=O) groups is 1. The normalized spacial score (nSPS) is 22.4. The van der Waals surface area contributed by atoms with Crippen molar-refractivity contribution in [2.75, 3.05) is 23.9 Å². The number of ether oxygens (including phenoxy) is 1. The fraction of sp³-hybridized carbons (Fsp3) is 0.429. The fourth-order valence-corrected chi connectivity index (χ4v) is 6.16. The molecule has 0 radical (unpaired) electrons. The average molecular weight is 512 g/mol. The second-order valence-corrected chi connectivity index (χ2v) is 11.2. The highest BCUT2D eigenvalue weighted by Crippen LogP contribution is 2.55. The molecule has 0 aromatic heterocycles. The van der Waals surface area contributed by atoms with E-state index in [9.17, 15) is 4.79 Å². The predicted octanol–water partition coefficient (Wildman–Crippen LogP) is 6.20. The fourth-order valence-electron chi connectivity index (χ4n) is 5.70. The lowest BCUT2D eigenvalue weighted by molar-refractivity contribution is -0.164. The van der Waals surface area contributed by atoms with Crippen molar-refractivity contribution < 1.29 is 9.53 Å². The van der Waals surface area contributed by atoms with Gasteiger partial charge in [0.1, 0.15) is 17.9 Å². The van der Waals surface area contributed by atoms with Crippen LogP contribution in [0.25, 0.3) is 0 Å². The quantitative estimate of drug-likeness (QED) is 0.370. The van der Waals surface area contributed by atoms with Gasteiger partial charge in [0.15, 0.2) is 0 Å². The van der Waals surface area contributed by atoms with Gasteiger partial charge in [-0.15, -0.1) is 11.6 Å². The van der Waals surface area contributed by atoms with Crippen LogP contribution in [0.3, 0.4) is 0 Å². The van der Waals surface area contributed by atoms with E-state index in [-0.39, 0.29) is 28.9 Å². The summed E-state index contributed by atoms with van der Waals surface area (Å²) in [7, 11) is 0. The third-order valence-corrected chi connectivity index (χ3v) is 8.06. The molecule has 0 unspecified atom stereocenters. The molecule has 4 rings (SSSR count). The summed E-state index contributed by atoms with van der Waals surface area (Å²) in [6, 6.07) is 14.9. The standard InChI is InChI=1S/C28H31Cl2N3O2/c1-27(2)25(28(3,4)26(27)35-22-10-7-20(17-31)23(30)15-22)32-24(34)19-5-8-21(9-6-19)33-13-11-18(16-29)12-14-33/h5-11,15,25-26H,12-14,16H2,1-4H3,(H,32,34). The molecule has 2 aromatic rings. The Bertz CT molecular complexity index is 1170. The Balaban J connectivity index is 1.42. The maximum Gasteiger partial charge on any atom is 0.251 e. The van der Waals surface area contributed by atoms with Crippen molar-refractivity contribution in [2.24, 2.45) is 10.8 Å². The van der Waals surface area contributed by atoms with Crippen LogP contribution in [0.2, 0.25) is 5.02 Å². The van der Waals surface area contributed by atoms with Crippen LogP contribution in [0.15, 0.2) is 54.1 Å². The molecule has 1 aliphatic carbocycles. The number of anilines is 1. The number of alkyl halides is 1. The van der Waals surface area contributed by atoms with E-state index in [0.29, 0.717) is 27.8 Å². The van der Waals surface area contributed by atoms with Gasteiger partial charge < -0.3 is 15.0 Å². The van der Waals surface area contributed by atoms with Crippen LogP contribution in [-0.4, -0.2) is 37.0 Å². The monoisotopic (exact) mass is 511 g/mol. The molecule has 0 saturated heterocycles. The van der Waals surface area contributed by atoms with E-state index in [1.54, 1.807) is 18.2 Å². The highest BCUT2D eigenvalue weighted by Gasteiger charge is 2.64. The SMILES string of the molecule is CC1(C)C(NC(=O)c2ccc(N3CC=C(CCl)CC3)cc2)C(C)(C)C1Oc1ccc(C#N)c(Cl)c1. The largest absolute Gasteiger partial charge is 0.489 e. The van der Waals surface area contributed by atoms with Crippen LogP contribution >= 0.6 is 23.2 Å². The van der Waals surface area contributed by atoms with Crippen molar-refractivity contribution >= 4 is 34.8 Å². The zero-order valence-corrected chi connectivity index (χ0v) is 22.1. The maximum absolute atomic E-state index is 13.1. The molecular weight excluding hydrogens is 481 g/mol. The molecule has 0 atom stereocenters. The van der Waals surface area contributed by atoms with Crippen molar-refractivity contribution in [1.29, 1.82) is 5.26 Å². The molecule has 1 fully saturated rings. The smallest absolute Gasteiger partial charge is 0.251 e. The van der Waals surface area contributed by atoms with Gasteiger partial charge >= 0.3 is 0 Å². The summed E-state index contributed by atoms with van der Waals surface area (Å²) in [6.45, 7) is 10.2. The highest BCUT2D eigenvalue weighted by molar-refractivity contribution is 6.31. The number of hydrogen-bond acceptors (Lipinski definition) is 4. The molecule has 1 heterocycles. The summed E-state index contributed by atoms with van der Waals surface area (Å²) >= 11 is 12.1. The number of amides is 1. The minimum absolute atomic E-state index is 0.0813. The Hall–Kier alpha value is -2.68. The number of halogens is 2. The van der Waals surface area contributed by atoms with Gasteiger partial charge in [-0.2, -0.15) is 5.26 Å². The summed E-state index contributed by atoms with van der Waals surface area (Å²) in [4.78, 5) is 15.4. The first kappa shape index (κ1) is 25.4. The third-order valence-electron chi connectivity index (χ3n) is 7.40. The first-order valence-electron chi connectivity index (χ1n) is 11.8. The number of rotatable bonds is 6. The lowest BCUT2D eigenvalue weighted by Crippen LogP contribution is -2.74. The van der Waals surface area contributed by atoms with Gasteiger partial charge in [-0.05, 0) is 42.8 Å². The highest BCUT2D eigenvalue weighted by atomic mass is 35.5. The van der Waals surface area contributed by atoms with Crippen molar-refractivity contribution in [2.45, 2.75) is 46.3 Å². The maximum atomic E-state index is 13.1. The van der Waals surface area contributed by atoms with E-state index in [0.717, 1.165) is 25.2 Å². The van der Waals surface area contributed by atoms with Crippen LogP contribution in [0.4, 0.5) is 5.69 Å². The van der Waals surface area contributed by atoms with Gasteiger partial charge in [0, 0.05) is 53.2 Å². The van der Waals surface area contributed by atoms with Crippen LogP contribution in [0.5, 0.6) is 5.75 Å². The van der Waals surface area contributed by atoms with Crippen LogP contribution in [-0.2, 0) is 0 Å². The molecule has 0 spiro atoms. The Morgan fingerprint density at radius 2 is 1.86 bits per heavy atom. The minimum atomic E-state index is -0.306. The van der Waals surface area contributed by atoms with Gasteiger partial charge in [-0.3, -0.25) is 4.79 Å². The first-order chi connectivity index (χ1) is 16.6. The van der Waals surface area contributed by atoms with E-state index in [4.69, 9.17) is 33.2 Å². The second kappa shape index (κ2) is 9.76. The Morgan fingerprint density at radius 3 is 2.40 bits per heavy atom. The van der Waals surface area contributed by atoms with E-state index < -0.39 is 0 Å². The van der Waals surface area contributed by atoms with Crippen LogP contribution in [0.1, 0.15) is 50.0 Å². The van der Waals surface area contributed by atoms with Gasteiger partial charge in [-0.1, -0.05) is 50.9 Å². The Morgan fingerprint density at radius 1 is 1.17 bits per heavy atom. The zero-order valence-electron chi connectivity index (χ0n) is 20.6. The number of nitrogens with one attached hydrogen (secondary N) is 1. The molecule has 1 aliphatic heterocycles. The van der Waals surface area contributed by atoms with E-state index in [1.165, 1.54) is 5.57 Å². The summed E-state index contributed by atoms with van der Waals surface area (Å²) in [5.74, 6) is 1.12. The second-order valence-electron chi connectivity index (χ2n) is 10.5. The molecule has 184 valence electrons. The Kier molecular flexibility index (Phi) is 7.09. The van der Waals surface area contributed by atoms with Crippen molar-refractivity contribution in [1.82, 2.24) is 5.32 Å². The first-order valence-corrected chi connectivity index (χ1v) is 12.7. The molecule has 1 N–H and O–H groups in total. The molecule has 1 amide bonds. The van der Waals surface area contributed by atoms with Gasteiger partial charge in [-0.25, -0.2) is 0 Å². The minimum Gasteiger partial charge on any atom is -0.489 e. The number of hydrogen-bond donors (Lipinski definition) is 1. The molecule has 2 aliphatic rings. The average Bonchev–Trinajstić information content (AvgIpc) is 2.85. The summed E-state index contributed by atoms with van der Waals surface area (Å²) in [6.07, 6.45) is 3.01. The molecule has 2 aromatic carbocycles. The van der Waals surface area contributed by atoms with Crippen molar-refractivity contribution in [3.63, 3.8) is 0 Å². The number of nitrogens with zero attached hydrogens (tertiary/aromatic N) is 2. The molecule has 35 heavy (non-hydrogen) atoms. The molecule has 7 heteroatoms. The molecule has 5 nitrogen and oxygen atoms in total. The number of nitriles is 1. The van der Waals surface area contributed by atoms with E-state index in [2.05, 4.69) is 50.1 Å². The van der Waals surface area contributed by atoms with E-state index in [1.807, 2.05) is 24.3 Å². The summed E-state index contributed by atoms with van der Waals surface area (Å²) in [5.41, 5.74) is 2.83. The van der Waals surface area contributed by atoms with Crippen molar-refractivity contribution in [3.8, 4) is 11.8 Å². The molecule has 1 saturated carbocycles. The van der Waals surface area contributed by atoms with Gasteiger partial charge in [0.2, 0.25) is 0 Å². The van der Waals surface area contributed by atoms with Gasteiger partial charge in [0.25, 0.3) is 5.91 Å².